The van der Waals surface area contributed by atoms with E-state index in [1.807, 2.05) is 0 Å². The fourth-order valence-electron chi connectivity index (χ4n) is 1.23. The van der Waals surface area contributed by atoms with Gasteiger partial charge in [0.05, 0.1) is 0 Å². The summed E-state index contributed by atoms with van der Waals surface area (Å²) in [7, 11) is -3.82. The molecule has 1 rings (SSSR count). The van der Waals surface area contributed by atoms with E-state index in [1.54, 1.807) is 0 Å². The van der Waals surface area contributed by atoms with Gasteiger partial charge < -0.3 is 10.8 Å². The number of carbonyl (C=O) groups excluding carboxylic acids is 1. The van der Waals surface area contributed by atoms with E-state index in [4.69, 9.17) is 10.8 Å². The molecule has 0 bridgehead atoms. The number of amides is 1. The Balaban J connectivity index is 2.87. The van der Waals surface area contributed by atoms with Crippen LogP contribution in [-0.2, 0) is 19.6 Å². The van der Waals surface area contributed by atoms with Crippen LogP contribution < -0.4 is 10.5 Å². The number of hydrogen-bond acceptors (Lipinski definition) is 5. The zero-order chi connectivity index (χ0) is 15.2. The van der Waals surface area contributed by atoms with Gasteiger partial charge in [0.15, 0.2) is 0 Å². The Labute approximate surface area is 115 Å². The predicted molar refractivity (Wildman–Crippen MR) is 69.9 cm³/mol. The van der Waals surface area contributed by atoms with Gasteiger partial charge in [-0.2, -0.15) is 0 Å². The van der Waals surface area contributed by atoms with Crippen molar-refractivity contribution < 1.29 is 23.1 Å². The van der Waals surface area contributed by atoms with Gasteiger partial charge in [0.25, 0.3) is 0 Å². The average molecular weight is 299 g/mol. The summed E-state index contributed by atoms with van der Waals surface area (Å²) in [5.74, 6) is -1.78. The molecule has 0 radical (unpaired) electrons. The van der Waals surface area contributed by atoms with Crippen molar-refractivity contribution in [2.24, 2.45) is 5.73 Å². The summed E-state index contributed by atoms with van der Waals surface area (Å²) < 4.78 is 25.9. The summed E-state index contributed by atoms with van der Waals surface area (Å²) in [5, 5.41) is 8.49. The second-order valence-corrected chi connectivity index (χ2v) is 5.51. The molecule has 0 aromatic carbocycles. The number of nitrogens with one attached hydrogen (secondary N) is 1. The largest absolute Gasteiger partial charge is 0.478 e. The highest BCUT2D eigenvalue weighted by atomic mass is 32.2. The number of hydrogen-bond donors (Lipinski definition) is 3. The van der Waals surface area contributed by atoms with Crippen LogP contribution in [0, 0.1) is 0 Å². The molecule has 1 aromatic rings. The molecule has 108 valence electrons. The lowest BCUT2D eigenvalue weighted by Crippen LogP contribution is -2.28. The standard InChI is InChI=1S/C11H13N3O5S/c12-10(15)3-4-14-20(18,19)9-5-8(6-13-7-9)1-2-11(16)17/h1-2,5-7,14H,3-4H2,(H2,12,15)(H,16,17). The van der Waals surface area contributed by atoms with Gasteiger partial charge >= 0.3 is 5.97 Å². The molecule has 0 spiro atoms. The first-order chi connectivity index (χ1) is 9.31. The molecule has 0 saturated carbocycles. The van der Waals surface area contributed by atoms with E-state index in [9.17, 15) is 18.0 Å². The number of carbonyl (C=O) groups is 2. The Hall–Kier alpha value is -2.26. The number of carboxylic acids is 1. The molecule has 20 heavy (non-hydrogen) atoms. The minimum absolute atomic E-state index is 0.118. The van der Waals surface area contributed by atoms with Gasteiger partial charge in [-0.1, -0.05) is 0 Å². The summed E-state index contributed by atoms with van der Waals surface area (Å²) in [4.78, 5) is 24.5. The number of aliphatic carboxylic acids is 1. The molecule has 0 unspecified atom stereocenters. The minimum Gasteiger partial charge on any atom is -0.478 e. The highest BCUT2D eigenvalue weighted by molar-refractivity contribution is 7.89. The van der Waals surface area contributed by atoms with Crippen LogP contribution in [0.15, 0.2) is 29.4 Å². The molecule has 9 heteroatoms. The maximum absolute atomic E-state index is 11.9. The molecule has 8 nitrogen and oxygen atoms in total. The Bertz CT molecular complexity index is 639. The Morgan fingerprint density at radius 3 is 2.70 bits per heavy atom. The summed E-state index contributed by atoms with van der Waals surface area (Å²) in [6.45, 7) is -0.118. The zero-order valence-electron chi connectivity index (χ0n) is 10.3. The normalized spacial score (nSPS) is 11.6. The third-order valence-corrected chi connectivity index (χ3v) is 3.55. The first-order valence-corrected chi connectivity index (χ1v) is 6.93. The molecular formula is C11H13N3O5S. The molecule has 0 aliphatic carbocycles. The van der Waals surface area contributed by atoms with E-state index in [-0.39, 0.29) is 17.9 Å². The lowest BCUT2D eigenvalue weighted by atomic mass is 10.2. The van der Waals surface area contributed by atoms with Crippen molar-refractivity contribution in [2.45, 2.75) is 11.3 Å². The molecule has 1 aromatic heterocycles. The second kappa shape index (κ2) is 6.78. The number of primary amides is 1. The smallest absolute Gasteiger partial charge is 0.328 e. The third-order valence-electron chi connectivity index (χ3n) is 2.13. The minimum atomic E-state index is -3.82. The van der Waals surface area contributed by atoms with E-state index in [0.717, 1.165) is 12.3 Å². The van der Waals surface area contributed by atoms with Crippen LogP contribution in [0.4, 0.5) is 0 Å². The molecule has 0 fully saturated rings. The van der Waals surface area contributed by atoms with Crippen LogP contribution in [0.5, 0.6) is 0 Å². The monoisotopic (exact) mass is 299 g/mol. The number of rotatable bonds is 7. The predicted octanol–water partition coefficient (Wildman–Crippen LogP) is -0.667. The van der Waals surface area contributed by atoms with E-state index in [2.05, 4.69) is 9.71 Å². The van der Waals surface area contributed by atoms with Gasteiger partial charge in [0.1, 0.15) is 4.90 Å². The number of carboxylic acid groups (broad SMARTS) is 1. The quantitative estimate of drug-likeness (QED) is 0.571. The Kier molecular flexibility index (Phi) is 5.35. The van der Waals surface area contributed by atoms with Crippen molar-refractivity contribution in [2.75, 3.05) is 6.54 Å². The van der Waals surface area contributed by atoms with Gasteiger partial charge in [-0.05, 0) is 17.7 Å². The van der Waals surface area contributed by atoms with Crippen molar-refractivity contribution >= 4 is 28.0 Å². The van der Waals surface area contributed by atoms with E-state index in [0.29, 0.717) is 5.56 Å². The number of nitrogens with zero attached hydrogens (tertiary/aromatic N) is 1. The Morgan fingerprint density at radius 1 is 1.40 bits per heavy atom. The summed E-state index contributed by atoms with van der Waals surface area (Å²) >= 11 is 0. The summed E-state index contributed by atoms with van der Waals surface area (Å²) in [6.07, 6.45) is 4.41. The first kappa shape index (κ1) is 15.8. The summed E-state index contributed by atoms with van der Waals surface area (Å²) in [6, 6.07) is 1.26. The molecule has 4 N–H and O–H groups in total. The topological polar surface area (TPSA) is 139 Å². The highest BCUT2D eigenvalue weighted by Crippen LogP contribution is 2.10. The number of pyridine rings is 1. The molecule has 1 heterocycles. The fourth-order valence-corrected chi connectivity index (χ4v) is 2.26. The average Bonchev–Trinajstić information content (AvgIpc) is 2.36. The van der Waals surface area contributed by atoms with E-state index >= 15 is 0 Å². The van der Waals surface area contributed by atoms with Gasteiger partial charge in [-0.15, -0.1) is 0 Å². The van der Waals surface area contributed by atoms with E-state index < -0.39 is 21.9 Å². The first-order valence-electron chi connectivity index (χ1n) is 5.45. The van der Waals surface area contributed by atoms with Crippen LogP contribution in [0.2, 0.25) is 0 Å². The molecule has 1 amide bonds. The van der Waals surface area contributed by atoms with Crippen LogP contribution in [0.1, 0.15) is 12.0 Å². The van der Waals surface area contributed by atoms with Crippen molar-refractivity contribution in [1.82, 2.24) is 9.71 Å². The highest BCUT2D eigenvalue weighted by Gasteiger charge is 2.14. The second-order valence-electron chi connectivity index (χ2n) is 3.74. The SMILES string of the molecule is NC(=O)CCNS(=O)(=O)c1cncc(C=CC(=O)O)c1. The maximum atomic E-state index is 11.9. The van der Waals surface area contributed by atoms with Crippen molar-refractivity contribution in [1.29, 1.82) is 0 Å². The number of aromatic nitrogens is 1. The molecule has 0 saturated heterocycles. The van der Waals surface area contributed by atoms with Crippen molar-refractivity contribution in [3.05, 3.63) is 30.1 Å². The van der Waals surface area contributed by atoms with Crippen LogP contribution >= 0.6 is 0 Å². The maximum Gasteiger partial charge on any atom is 0.328 e. The van der Waals surface area contributed by atoms with Gasteiger partial charge in [0.2, 0.25) is 15.9 Å². The lowest BCUT2D eigenvalue weighted by molar-refractivity contribution is -0.131. The Morgan fingerprint density at radius 2 is 2.10 bits per heavy atom. The number of sulfonamides is 1. The zero-order valence-corrected chi connectivity index (χ0v) is 11.1. The fraction of sp³-hybridized carbons (Fsp3) is 0.182. The van der Waals surface area contributed by atoms with Crippen LogP contribution in [0.3, 0.4) is 0 Å². The molecule has 0 atom stereocenters. The van der Waals surface area contributed by atoms with E-state index in [1.165, 1.54) is 18.3 Å². The molecular weight excluding hydrogens is 286 g/mol. The molecule has 0 aliphatic rings. The van der Waals surface area contributed by atoms with Crippen molar-refractivity contribution in [3.63, 3.8) is 0 Å². The van der Waals surface area contributed by atoms with Crippen LogP contribution in [-0.4, -0.2) is 36.9 Å². The third kappa shape index (κ3) is 5.16. The van der Waals surface area contributed by atoms with Crippen LogP contribution in [0.25, 0.3) is 6.08 Å². The van der Waals surface area contributed by atoms with Gasteiger partial charge in [-0.25, -0.2) is 17.9 Å². The van der Waals surface area contributed by atoms with Crippen molar-refractivity contribution in [3.8, 4) is 0 Å². The summed E-state index contributed by atoms with van der Waals surface area (Å²) in [5.41, 5.74) is 5.23. The number of nitrogens with two attached hydrogens (primary N) is 1. The molecule has 0 aliphatic heterocycles. The van der Waals surface area contributed by atoms with Gasteiger partial charge in [0, 0.05) is 31.4 Å². The lowest BCUT2D eigenvalue weighted by Gasteiger charge is -2.05. The van der Waals surface area contributed by atoms with Gasteiger partial charge in [-0.3, -0.25) is 9.78 Å².